The first-order valence-corrected chi connectivity index (χ1v) is 7.82. The number of para-hydroxylation sites is 1. The van der Waals surface area contributed by atoms with Crippen molar-refractivity contribution in [2.45, 2.75) is 32.2 Å². The van der Waals surface area contributed by atoms with Gasteiger partial charge >= 0.3 is 0 Å². The van der Waals surface area contributed by atoms with E-state index in [2.05, 4.69) is 36.2 Å². The third-order valence-electron chi connectivity index (χ3n) is 3.33. The maximum Gasteiger partial charge on any atom is 0.242 e. The number of alkyl halides is 1. The summed E-state index contributed by atoms with van der Waals surface area (Å²) in [5.74, 6) is -0.196. The fourth-order valence-corrected chi connectivity index (χ4v) is 2.34. The Labute approximate surface area is 136 Å². The van der Waals surface area contributed by atoms with Crippen LogP contribution in [0.5, 0.6) is 0 Å². The van der Waals surface area contributed by atoms with Crippen LogP contribution in [0.2, 0.25) is 0 Å². The van der Waals surface area contributed by atoms with Crippen molar-refractivity contribution in [2.75, 3.05) is 10.2 Å². The van der Waals surface area contributed by atoms with Gasteiger partial charge in [0.25, 0.3) is 0 Å². The summed E-state index contributed by atoms with van der Waals surface area (Å²) >= 11 is 5.76. The molecule has 0 aromatic heterocycles. The normalized spacial score (nSPS) is 12.0. The lowest BCUT2D eigenvalue weighted by Gasteiger charge is -2.29. The van der Waals surface area contributed by atoms with Crippen LogP contribution in [-0.2, 0) is 4.79 Å². The summed E-state index contributed by atoms with van der Waals surface area (Å²) in [7, 11) is 0. The average Bonchev–Trinajstić information content (AvgIpc) is 2.50. The number of nitrogens with one attached hydrogen (secondary N) is 1. The summed E-state index contributed by atoms with van der Waals surface area (Å²) in [4.78, 5) is 13.9. The van der Waals surface area contributed by atoms with E-state index in [1.807, 2.05) is 42.5 Å². The molecule has 0 heterocycles. The van der Waals surface area contributed by atoms with E-state index >= 15 is 0 Å². The van der Waals surface area contributed by atoms with Crippen LogP contribution in [0.4, 0.5) is 17.1 Å². The van der Waals surface area contributed by atoms with E-state index in [9.17, 15) is 4.79 Å². The van der Waals surface area contributed by atoms with Gasteiger partial charge in [0.05, 0.1) is 0 Å². The first-order chi connectivity index (χ1) is 10.5. The maximum absolute atomic E-state index is 11.6. The highest BCUT2D eigenvalue weighted by atomic mass is 35.5. The molecule has 1 atom stereocenters. The van der Waals surface area contributed by atoms with Crippen LogP contribution in [0.3, 0.4) is 0 Å². The average molecular weight is 317 g/mol. The molecular formula is C18H21ClN2O. The molecule has 116 valence electrons. The fraction of sp³-hybridized carbons (Fsp3) is 0.278. The molecule has 1 amide bonds. The van der Waals surface area contributed by atoms with Crippen LogP contribution in [0.25, 0.3) is 0 Å². The summed E-state index contributed by atoms with van der Waals surface area (Å²) in [6, 6.07) is 18.4. The summed E-state index contributed by atoms with van der Waals surface area (Å²) in [6.07, 6.45) is 0. The highest BCUT2D eigenvalue weighted by Crippen LogP contribution is 2.28. The van der Waals surface area contributed by atoms with Crippen molar-refractivity contribution in [3.05, 3.63) is 54.6 Å². The van der Waals surface area contributed by atoms with Gasteiger partial charge < -0.3 is 10.2 Å². The lowest BCUT2D eigenvalue weighted by atomic mass is 10.2. The number of hydrogen-bond acceptors (Lipinski definition) is 2. The van der Waals surface area contributed by atoms with Gasteiger partial charge in [-0.3, -0.25) is 4.79 Å². The van der Waals surface area contributed by atoms with E-state index in [-0.39, 0.29) is 5.91 Å². The van der Waals surface area contributed by atoms with E-state index in [4.69, 9.17) is 11.6 Å². The molecule has 0 radical (unpaired) electrons. The van der Waals surface area contributed by atoms with Gasteiger partial charge in [-0.2, -0.15) is 0 Å². The number of hydrogen-bond donors (Lipinski definition) is 1. The SMILES string of the molecule is CC(Cl)C(=O)Nc1ccc(N(c2ccccc2)C(C)C)cc1. The molecule has 0 aliphatic heterocycles. The lowest BCUT2D eigenvalue weighted by Crippen LogP contribution is -2.25. The predicted molar refractivity (Wildman–Crippen MR) is 94.1 cm³/mol. The van der Waals surface area contributed by atoms with Crippen molar-refractivity contribution in [2.24, 2.45) is 0 Å². The van der Waals surface area contributed by atoms with Gasteiger partial charge in [-0.1, -0.05) is 18.2 Å². The van der Waals surface area contributed by atoms with Crippen LogP contribution in [0.15, 0.2) is 54.6 Å². The molecule has 0 spiro atoms. The molecule has 2 aromatic carbocycles. The number of rotatable bonds is 5. The topological polar surface area (TPSA) is 32.3 Å². The summed E-state index contributed by atoms with van der Waals surface area (Å²) in [5.41, 5.74) is 2.97. The molecule has 4 heteroatoms. The number of benzene rings is 2. The van der Waals surface area contributed by atoms with E-state index in [0.717, 1.165) is 17.1 Å². The molecule has 1 N–H and O–H groups in total. The van der Waals surface area contributed by atoms with Crippen molar-refractivity contribution in [1.29, 1.82) is 0 Å². The molecular weight excluding hydrogens is 296 g/mol. The number of halogens is 1. The predicted octanol–water partition coefficient (Wildman–Crippen LogP) is 4.80. The first-order valence-electron chi connectivity index (χ1n) is 7.38. The summed E-state index contributed by atoms with van der Waals surface area (Å²) in [6.45, 7) is 5.96. The third kappa shape index (κ3) is 4.01. The largest absolute Gasteiger partial charge is 0.339 e. The second-order valence-corrected chi connectivity index (χ2v) is 6.11. The smallest absolute Gasteiger partial charge is 0.242 e. The zero-order valence-electron chi connectivity index (χ0n) is 13.1. The number of carbonyl (C=O) groups is 1. The van der Waals surface area contributed by atoms with Crippen LogP contribution < -0.4 is 10.2 Å². The Morgan fingerprint density at radius 3 is 2.00 bits per heavy atom. The van der Waals surface area contributed by atoms with Crippen molar-refractivity contribution in [3.8, 4) is 0 Å². The molecule has 0 bridgehead atoms. The third-order valence-corrected chi connectivity index (χ3v) is 3.52. The van der Waals surface area contributed by atoms with Gasteiger partial charge in [-0.05, 0) is 57.2 Å². The van der Waals surface area contributed by atoms with Crippen molar-refractivity contribution >= 4 is 34.6 Å². The number of anilines is 3. The maximum atomic E-state index is 11.6. The second-order valence-electron chi connectivity index (χ2n) is 5.45. The van der Waals surface area contributed by atoms with Gasteiger partial charge in [0.15, 0.2) is 0 Å². The standard InChI is InChI=1S/C18H21ClN2O/c1-13(2)21(16-7-5-4-6-8-16)17-11-9-15(10-12-17)20-18(22)14(3)19/h4-14H,1-3H3,(H,20,22). The number of nitrogens with zero attached hydrogens (tertiary/aromatic N) is 1. The molecule has 22 heavy (non-hydrogen) atoms. The van der Waals surface area contributed by atoms with Gasteiger partial charge in [0.1, 0.15) is 5.38 Å². The molecule has 0 saturated heterocycles. The number of carbonyl (C=O) groups excluding carboxylic acids is 1. The zero-order valence-corrected chi connectivity index (χ0v) is 13.8. The lowest BCUT2D eigenvalue weighted by molar-refractivity contribution is -0.115. The Hall–Kier alpha value is -2.00. The zero-order chi connectivity index (χ0) is 16.1. The molecule has 0 aliphatic rings. The van der Waals surface area contributed by atoms with Crippen LogP contribution in [0.1, 0.15) is 20.8 Å². The van der Waals surface area contributed by atoms with Gasteiger partial charge in [-0.25, -0.2) is 0 Å². The molecule has 2 rings (SSSR count). The Balaban J connectivity index is 2.22. The Morgan fingerprint density at radius 2 is 1.50 bits per heavy atom. The molecule has 3 nitrogen and oxygen atoms in total. The number of amides is 1. The minimum atomic E-state index is -0.545. The van der Waals surface area contributed by atoms with Crippen molar-refractivity contribution in [1.82, 2.24) is 0 Å². The second kappa shape index (κ2) is 7.32. The van der Waals surface area contributed by atoms with Crippen molar-refractivity contribution in [3.63, 3.8) is 0 Å². The molecule has 1 unspecified atom stereocenters. The van der Waals surface area contributed by atoms with Crippen LogP contribution in [-0.4, -0.2) is 17.3 Å². The molecule has 0 aliphatic carbocycles. The minimum absolute atomic E-state index is 0.196. The van der Waals surface area contributed by atoms with E-state index in [1.165, 1.54) is 0 Å². The Kier molecular flexibility index (Phi) is 5.45. The van der Waals surface area contributed by atoms with Gasteiger partial charge in [0, 0.05) is 23.1 Å². The van der Waals surface area contributed by atoms with E-state index < -0.39 is 5.38 Å². The minimum Gasteiger partial charge on any atom is -0.339 e. The first kappa shape index (κ1) is 16.4. The quantitative estimate of drug-likeness (QED) is 0.804. The van der Waals surface area contributed by atoms with E-state index in [0.29, 0.717) is 6.04 Å². The summed E-state index contributed by atoms with van der Waals surface area (Å²) < 4.78 is 0. The summed E-state index contributed by atoms with van der Waals surface area (Å²) in [5, 5.41) is 2.24. The van der Waals surface area contributed by atoms with E-state index in [1.54, 1.807) is 6.92 Å². The highest BCUT2D eigenvalue weighted by molar-refractivity contribution is 6.32. The van der Waals surface area contributed by atoms with Gasteiger partial charge in [-0.15, -0.1) is 11.6 Å². The fourth-order valence-electron chi connectivity index (χ4n) is 2.28. The monoisotopic (exact) mass is 316 g/mol. The van der Waals surface area contributed by atoms with Crippen LogP contribution in [0, 0.1) is 0 Å². The van der Waals surface area contributed by atoms with Crippen molar-refractivity contribution < 1.29 is 4.79 Å². The Bertz CT molecular complexity index is 609. The highest BCUT2D eigenvalue weighted by Gasteiger charge is 2.13. The van der Waals surface area contributed by atoms with Gasteiger partial charge in [0.2, 0.25) is 5.91 Å². The molecule has 0 fully saturated rings. The molecule has 2 aromatic rings. The van der Waals surface area contributed by atoms with Crippen LogP contribution >= 0.6 is 11.6 Å². The Morgan fingerprint density at radius 1 is 0.955 bits per heavy atom. The molecule has 0 saturated carbocycles.